The molecule has 1 aromatic carbocycles. The summed E-state index contributed by atoms with van der Waals surface area (Å²) in [6.45, 7) is 8.85. The Labute approximate surface area is 136 Å². The number of hydrogen-bond donors (Lipinski definition) is 2. The molecule has 1 amide bonds. The third-order valence-electron chi connectivity index (χ3n) is 3.57. The Hall–Kier alpha value is -2.26. The number of carbonyl (C=O) groups is 1. The van der Waals surface area contributed by atoms with E-state index in [2.05, 4.69) is 5.32 Å². The van der Waals surface area contributed by atoms with Crippen molar-refractivity contribution in [1.29, 1.82) is 5.26 Å². The monoisotopic (exact) mass is 318 g/mol. The van der Waals surface area contributed by atoms with Crippen LogP contribution in [-0.2, 0) is 4.74 Å². The Morgan fingerprint density at radius 3 is 2.65 bits per heavy atom. The maximum Gasteiger partial charge on any atom is 0.408 e. The average molecular weight is 318 g/mol. The molecule has 1 aromatic rings. The number of ether oxygens (including phenoxy) is 2. The van der Waals surface area contributed by atoms with Crippen LogP contribution in [0.4, 0.5) is 4.79 Å². The largest absolute Gasteiger partial charge is 0.485 e. The van der Waals surface area contributed by atoms with Gasteiger partial charge in [-0.25, -0.2) is 4.79 Å². The second-order valence-electron chi connectivity index (χ2n) is 7.14. The Morgan fingerprint density at radius 1 is 1.43 bits per heavy atom. The molecule has 2 rings (SSSR count). The Balaban J connectivity index is 2.29. The molecule has 0 fully saturated rings. The van der Waals surface area contributed by atoms with Gasteiger partial charge < -0.3 is 19.9 Å². The van der Waals surface area contributed by atoms with Crippen molar-refractivity contribution >= 4 is 6.09 Å². The normalized spacial score (nSPS) is 22.3. The van der Waals surface area contributed by atoms with Crippen LogP contribution in [0.1, 0.15) is 51.8 Å². The molecule has 0 radical (unpaired) electrons. The van der Waals surface area contributed by atoms with Gasteiger partial charge in [-0.05, 0) is 52.8 Å². The Kier molecular flexibility index (Phi) is 4.27. The minimum absolute atomic E-state index is 0.419. The van der Waals surface area contributed by atoms with Crippen LogP contribution in [0.15, 0.2) is 18.2 Å². The van der Waals surface area contributed by atoms with Gasteiger partial charge in [0, 0.05) is 5.56 Å². The van der Waals surface area contributed by atoms with Gasteiger partial charge in [0.25, 0.3) is 0 Å². The first-order valence-corrected chi connectivity index (χ1v) is 7.44. The van der Waals surface area contributed by atoms with Gasteiger partial charge in [0.05, 0.1) is 11.6 Å². The lowest BCUT2D eigenvalue weighted by molar-refractivity contribution is -0.0331. The van der Waals surface area contributed by atoms with E-state index in [0.717, 1.165) is 0 Å². The molecule has 6 heteroatoms. The van der Waals surface area contributed by atoms with Crippen molar-refractivity contribution in [3.8, 4) is 11.8 Å². The number of benzene rings is 1. The quantitative estimate of drug-likeness (QED) is 0.830. The molecule has 124 valence electrons. The lowest BCUT2D eigenvalue weighted by atomic mass is 9.85. The number of amides is 1. The second-order valence-corrected chi connectivity index (χ2v) is 7.14. The fourth-order valence-electron chi connectivity index (χ4n) is 2.54. The highest BCUT2D eigenvalue weighted by Crippen LogP contribution is 2.40. The van der Waals surface area contributed by atoms with E-state index in [9.17, 15) is 9.90 Å². The first-order chi connectivity index (χ1) is 10.5. The van der Waals surface area contributed by atoms with Gasteiger partial charge in [0.2, 0.25) is 0 Å². The van der Waals surface area contributed by atoms with Crippen molar-refractivity contribution in [2.24, 2.45) is 0 Å². The summed E-state index contributed by atoms with van der Waals surface area (Å²) in [5.41, 5.74) is -0.579. The fourth-order valence-corrected chi connectivity index (χ4v) is 2.54. The predicted octanol–water partition coefficient (Wildman–Crippen LogP) is 2.66. The molecule has 1 aliphatic heterocycles. The molecule has 2 atom stereocenters. The number of nitrogens with zero attached hydrogens (tertiary/aromatic N) is 1. The summed E-state index contributed by atoms with van der Waals surface area (Å²) >= 11 is 0. The molecule has 0 bridgehead atoms. The van der Waals surface area contributed by atoms with Crippen LogP contribution in [0.2, 0.25) is 0 Å². The van der Waals surface area contributed by atoms with Crippen molar-refractivity contribution in [1.82, 2.24) is 5.32 Å². The van der Waals surface area contributed by atoms with Gasteiger partial charge in [0.15, 0.2) is 0 Å². The number of fused-ring (bicyclic) bond motifs is 1. The SMILES string of the molecule is CC(C)(C)OC(=O)N[C@@H]1[C@@H](O)c2cc(C#N)ccc2OC1(C)C. The minimum Gasteiger partial charge on any atom is -0.485 e. The summed E-state index contributed by atoms with van der Waals surface area (Å²) in [5.74, 6) is 0.503. The number of carbonyl (C=O) groups excluding carboxylic acids is 1. The topological polar surface area (TPSA) is 91.6 Å². The summed E-state index contributed by atoms with van der Waals surface area (Å²) in [6, 6.07) is 6.17. The van der Waals surface area contributed by atoms with Gasteiger partial charge in [-0.2, -0.15) is 5.26 Å². The lowest BCUT2D eigenvalue weighted by Crippen LogP contribution is -2.58. The van der Waals surface area contributed by atoms with Gasteiger partial charge in [-0.3, -0.25) is 0 Å². The number of hydrogen-bond acceptors (Lipinski definition) is 5. The standard InChI is InChI=1S/C17H22N2O4/c1-16(2,3)23-15(21)19-14-13(20)11-8-10(9-18)6-7-12(11)22-17(14,4)5/h6-8,13-14,20H,1-5H3,(H,19,21)/t13-,14+/m0/s1. The van der Waals surface area contributed by atoms with Gasteiger partial charge in [-0.15, -0.1) is 0 Å². The Morgan fingerprint density at radius 2 is 2.09 bits per heavy atom. The van der Waals surface area contributed by atoms with Crippen molar-refractivity contribution in [3.05, 3.63) is 29.3 Å². The highest BCUT2D eigenvalue weighted by Gasteiger charge is 2.44. The van der Waals surface area contributed by atoms with Crippen molar-refractivity contribution in [2.75, 3.05) is 0 Å². The highest BCUT2D eigenvalue weighted by atomic mass is 16.6. The smallest absolute Gasteiger partial charge is 0.408 e. The van der Waals surface area contributed by atoms with Crippen molar-refractivity contribution in [3.63, 3.8) is 0 Å². The summed E-state index contributed by atoms with van der Waals surface area (Å²) in [5, 5.41) is 22.3. The molecule has 0 spiro atoms. The van der Waals surface area contributed by atoms with Crippen LogP contribution in [0.5, 0.6) is 5.75 Å². The zero-order chi connectivity index (χ0) is 17.4. The van der Waals surface area contributed by atoms with E-state index in [4.69, 9.17) is 14.7 Å². The molecule has 1 heterocycles. The van der Waals surface area contributed by atoms with Gasteiger partial charge in [0.1, 0.15) is 29.1 Å². The van der Waals surface area contributed by atoms with E-state index < -0.39 is 29.4 Å². The molecule has 0 unspecified atom stereocenters. The summed E-state index contributed by atoms with van der Waals surface area (Å²) in [4.78, 5) is 12.0. The number of aliphatic hydroxyl groups is 1. The zero-order valence-electron chi connectivity index (χ0n) is 14.0. The summed E-state index contributed by atoms with van der Waals surface area (Å²) in [7, 11) is 0. The van der Waals surface area contributed by atoms with Crippen molar-refractivity contribution in [2.45, 2.75) is 58.0 Å². The predicted molar refractivity (Wildman–Crippen MR) is 84.0 cm³/mol. The molecule has 2 N–H and O–H groups in total. The molecule has 0 aromatic heterocycles. The van der Waals surface area contributed by atoms with Crippen molar-refractivity contribution < 1.29 is 19.4 Å². The van der Waals surface area contributed by atoms with Crippen LogP contribution >= 0.6 is 0 Å². The van der Waals surface area contributed by atoms with Gasteiger partial charge in [-0.1, -0.05) is 0 Å². The molecule has 0 saturated carbocycles. The highest BCUT2D eigenvalue weighted by molar-refractivity contribution is 5.68. The van der Waals surface area contributed by atoms with E-state index in [0.29, 0.717) is 16.9 Å². The van der Waals surface area contributed by atoms with Crippen LogP contribution in [0, 0.1) is 11.3 Å². The first kappa shape index (κ1) is 17.1. The minimum atomic E-state index is -1.01. The van der Waals surface area contributed by atoms with Crippen LogP contribution in [0.25, 0.3) is 0 Å². The maximum atomic E-state index is 12.0. The first-order valence-electron chi connectivity index (χ1n) is 7.44. The third kappa shape index (κ3) is 3.74. The molecule has 0 aliphatic carbocycles. The molecular weight excluding hydrogens is 296 g/mol. The lowest BCUT2D eigenvalue weighted by Gasteiger charge is -2.43. The zero-order valence-corrected chi connectivity index (χ0v) is 14.0. The van der Waals surface area contributed by atoms with Crippen LogP contribution < -0.4 is 10.1 Å². The van der Waals surface area contributed by atoms with E-state index >= 15 is 0 Å². The van der Waals surface area contributed by atoms with E-state index in [1.807, 2.05) is 6.07 Å². The van der Waals surface area contributed by atoms with Crippen LogP contribution in [0.3, 0.4) is 0 Å². The summed E-state index contributed by atoms with van der Waals surface area (Å²) in [6.07, 6.45) is -1.63. The number of aliphatic hydroxyl groups excluding tert-OH is 1. The number of nitriles is 1. The molecule has 0 saturated heterocycles. The number of alkyl carbamates (subject to hydrolysis) is 1. The second kappa shape index (κ2) is 5.74. The molecule has 6 nitrogen and oxygen atoms in total. The number of rotatable bonds is 1. The van der Waals surface area contributed by atoms with E-state index in [1.54, 1.807) is 52.8 Å². The Bertz CT molecular complexity index is 656. The molecule has 1 aliphatic rings. The average Bonchev–Trinajstić information content (AvgIpc) is 2.41. The maximum absolute atomic E-state index is 12.0. The third-order valence-corrected chi connectivity index (χ3v) is 3.57. The van der Waals surface area contributed by atoms with E-state index in [1.165, 1.54) is 0 Å². The van der Waals surface area contributed by atoms with Crippen LogP contribution in [-0.4, -0.2) is 28.4 Å². The number of nitrogens with one attached hydrogen (secondary N) is 1. The van der Waals surface area contributed by atoms with E-state index in [-0.39, 0.29) is 0 Å². The van der Waals surface area contributed by atoms with Gasteiger partial charge >= 0.3 is 6.09 Å². The summed E-state index contributed by atoms with van der Waals surface area (Å²) < 4.78 is 11.1. The molecular formula is C17H22N2O4. The fraction of sp³-hybridized carbons (Fsp3) is 0.529. The molecule has 23 heavy (non-hydrogen) atoms.